The first-order valence-corrected chi connectivity index (χ1v) is 8.12. The number of nitrogens with one attached hydrogen (secondary N) is 2. The molecule has 1 amide bonds. The fraction of sp³-hybridized carbons (Fsp3) is 0.438. The van der Waals surface area contributed by atoms with Crippen LogP contribution in [-0.2, 0) is 4.79 Å². The van der Waals surface area contributed by atoms with E-state index in [0.29, 0.717) is 5.92 Å². The maximum absolute atomic E-state index is 12.0. The molecule has 3 N–H and O–H groups in total. The van der Waals surface area contributed by atoms with Crippen molar-refractivity contribution >= 4 is 39.7 Å². The third-order valence-corrected chi connectivity index (χ3v) is 5.39. The lowest BCUT2D eigenvalue weighted by Crippen LogP contribution is -2.49. The lowest BCUT2D eigenvalue weighted by Gasteiger charge is -2.31. The van der Waals surface area contributed by atoms with Gasteiger partial charge in [0.05, 0.1) is 0 Å². The Morgan fingerprint density at radius 2 is 2.18 bits per heavy atom. The highest BCUT2D eigenvalue weighted by Gasteiger charge is 2.28. The minimum atomic E-state index is -0.641. The van der Waals surface area contributed by atoms with Gasteiger partial charge in [0, 0.05) is 22.0 Å². The molecule has 2 heterocycles. The Bertz CT molecular complexity index is 609. The minimum absolute atomic E-state index is 0. The quantitative estimate of drug-likeness (QED) is 0.783. The van der Waals surface area contributed by atoms with Gasteiger partial charge in [-0.1, -0.05) is 25.1 Å². The van der Waals surface area contributed by atoms with Gasteiger partial charge in [0.1, 0.15) is 6.10 Å². The van der Waals surface area contributed by atoms with E-state index in [2.05, 4.69) is 10.6 Å². The van der Waals surface area contributed by atoms with E-state index in [1.54, 1.807) is 11.3 Å². The molecule has 4 nitrogen and oxygen atoms in total. The molecule has 1 aromatic heterocycles. The van der Waals surface area contributed by atoms with E-state index in [0.717, 1.165) is 28.1 Å². The Morgan fingerprint density at radius 1 is 1.45 bits per heavy atom. The summed E-state index contributed by atoms with van der Waals surface area (Å²) in [7, 11) is 0. The summed E-state index contributed by atoms with van der Waals surface area (Å²) in [6.07, 6.45) is -0.641. The summed E-state index contributed by atoms with van der Waals surface area (Å²) in [5.41, 5.74) is 0. The number of hydrogen-bond acceptors (Lipinski definition) is 4. The van der Waals surface area contributed by atoms with Gasteiger partial charge in [0.15, 0.2) is 0 Å². The monoisotopic (exact) mass is 340 g/mol. The van der Waals surface area contributed by atoms with E-state index >= 15 is 0 Å². The van der Waals surface area contributed by atoms with Gasteiger partial charge in [-0.05, 0) is 36.5 Å². The van der Waals surface area contributed by atoms with Crippen LogP contribution in [0.3, 0.4) is 0 Å². The maximum Gasteiger partial charge on any atom is 0.223 e. The molecule has 3 rings (SSSR count). The van der Waals surface area contributed by atoms with E-state index in [-0.39, 0.29) is 30.8 Å². The van der Waals surface area contributed by atoms with E-state index in [4.69, 9.17) is 0 Å². The molecule has 120 valence electrons. The Hall–Kier alpha value is -1.14. The van der Waals surface area contributed by atoms with Gasteiger partial charge in [0.2, 0.25) is 5.91 Å². The summed E-state index contributed by atoms with van der Waals surface area (Å²) in [4.78, 5) is 12.9. The first kappa shape index (κ1) is 17.2. The van der Waals surface area contributed by atoms with E-state index in [1.807, 2.05) is 37.3 Å². The van der Waals surface area contributed by atoms with E-state index in [9.17, 15) is 9.90 Å². The number of carbonyl (C=O) groups excluding carboxylic acids is 1. The van der Waals surface area contributed by atoms with Crippen LogP contribution < -0.4 is 10.6 Å². The van der Waals surface area contributed by atoms with Crippen LogP contribution in [0.4, 0.5) is 0 Å². The maximum atomic E-state index is 12.0. The Balaban J connectivity index is 0.00000176. The summed E-state index contributed by atoms with van der Waals surface area (Å²) >= 11 is 1.58. The zero-order chi connectivity index (χ0) is 14.8. The minimum Gasteiger partial charge on any atom is -0.386 e. The van der Waals surface area contributed by atoms with Gasteiger partial charge in [-0.2, -0.15) is 0 Å². The molecule has 2 unspecified atom stereocenters. The number of amides is 1. The number of hydrogen-bond donors (Lipinski definition) is 3. The van der Waals surface area contributed by atoms with Crippen molar-refractivity contribution in [3.05, 3.63) is 35.2 Å². The number of rotatable bonds is 5. The van der Waals surface area contributed by atoms with Crippen molar-refractivity contribution in [3.63, 3.8) is 0 Å². The summed E-state index contributed by atoms with van der Waals surface area (Å²) in [6, 6.07) is 10.1. The lowest BCUT2D eigenvalue weighted by molar-refractivity contribution is -0.127. The van der Waals surface area contributed by atoms with Gasteiger partial charge in [0.25, 0.3) is 0 Å². The van der Waals surface area contributed by atoms with Crippen LogP contribution in [0.2, 0.25) is 0 Å². The second-order valence-electron chi connectivity index (χ2n) is 5.65. The molecule has 0 radical (unpaired) electrons. The van der Waals surface area contributed by atoms with Crippen molar-refractivity contribution in [3.8, 4) is 0 Å². The lowest BCUT2D eigenvalue weighted by atomic mass is 9.88. The molecule has 1 aromatic carbocycles. The molecule has 6 heteroatoms. The van der Waals surface area contributed by atoms with Gasteiger partial charge < -0.3 is 15.7 Å². The molecular formula is C16H21ClN2O2S. The molecular weight excluding hydrogens is 320 g/mol. The van der Waals surface area contributed by atoms with E-state index < -0.39 is 6.10 Å². The molecule has 2 aromatic rings. The third kappa shape index (κ3) is 3.60. The first-order valence-electron chi connectivity index (χ1n) is 7.30. The summed E-state index contributed by atoms with van der Waals surface area (Å²) < 4.78 is 1.16. The van der Waals surface area contributed by atoms with Crippen molar-refractivity contribution in [1.82, 2.24) is 10.6 Å². The highest BCUT2D eigenvalue weighted by Crippen LogP contribution is 2.29. The van der Waals surface area contributed by atoms with Crippen LogP contribution in [0.15, 0.2) is 30.3 Å². The molecule has 1 saturated heterocycles. The normalized spacial score (nSPS) is 17.4. The highest BCUT2D eigenvalue weighted by molar-refractivity contribution is 7.19. The van der Waals surface area contributed by atoms with Crippen molar-refractivity contribution in [1.29, 1.82) is 0 Å². The van der Waals surface area contributed by atoms with Crippen LogP contribution in [-0.4, -0.2) is 30.6 Å². The number of aliphatic hydroxyl groups is 1. The second-order valence-corrected chi connectivity index (χ2v) is 6.77. The van der Waals surface area contributed by atoms with Crippen LogP contribution in [0.1, 0.15) is 17.9 Å². The topological polar surface area (TPSA) is 61.4 Å². The second kappa shape index (κ2) is 7.42. The largest absolute Gasteiger partial charge is 0.386 e. The van der Waals surface area contributed by atoms with Crippen molar-refractivity contribution in [2.75, 3.05) is 19.6 Å². The number of halogens is 1. The fourth-order valence-corrected chi connectivity index (χ4v) is 3.55. The average Bonchev–Trinajstić information content (AvgIpc) is 2.86. The Labute approximate surface area is 140 Å². The summed E-state index contributed by atoms with van der Waals surface area (Å²) in [5.74, 6) is 0.453. The predicted molar refractivity (Wildman–Crippen MR) is 92.6 cm³/mol. The molecule has 0 spiro atoms. The number of fused-ring (bicyclic) bond motifs is 1. The fourth-order valence-electron chi connectivity index (χ4n) is 2.50. The molecule has 1 fully saturated rings. The van der Waals surface area contributed by atoms with E-state index in [1.165, 1.54) is 0 Å². The van der Waals surface area contributed by atoms with Gasteiger partial charge in [-0.15, -0.1) is 23.7 Å². The van der Waals surface area contributed by atoms with Crippen molar-refractivity contribution in [2.45, 2.75) is 13.0 Å². The van der Waals surface area contributed by atoms with Crippen molar-refractivity contribution < 1.29 is 9.90 Å². The molecule has 0 saturated carbocycles. The van der Waals surface area contributed by atoms with Crippen LogP contribution >= 0.6 is 23.7 Å². The molecule has 0 aliphatic carbocycles. The number of carbonyl (C=O) groups is 1. The molecule has 22 heavy (non-hydrogen) atoms. The Kier molecular flexibility index (Phi) is 5.81. The summed E-state index contributed by atoms with van der Waals surface area (Å²) in [6.45, 7) is 4.05. The molecule has 1 aliphatic rings. The average molecular weight is 341 g/mol. The predicted octanol–water partition coefficient (Wildman–Crippen LogP) is 2.33. The Morgan fingerprint density at radius 3 is 2.82 bits per heavy atom. The third-order valence-electron chi connectivity index (χ3n) is 4.18. The summed E-state index contributed by atoms with van der Waals surface area (Å²) in [5, 5.41) is 17.4. The van der Waals surface area contributed by atoms with Crippen LogP contribution in [0.25, 0.3) is 10.1 Å². The van der Waals surface area contributed by atoms with Gasteiger partial charge in [-0.25, -0.2) is 0 Å². The first-order chi connectivity index (χ1) is 10.1. The van der Waals surface area contributed by atoms with Crippen molar-refractivity contribution in [2.24, 2.45) is 11.8 Å². The highest BCUT2D eigenvalue weighted by atomic mass is 35.5. The zero-order valence-electron chi connectivity index (χ0n) is 12.4. The zero-order valence-corrected chi connectivity index (χ0v) is 14.0. The van der Waals surface area contributed by atoms with Gasteiger partial charge >= 0.3 is 0 Å². The molecule has 1 aliphatic heterocycles. The molecule has 0 bridgehead atoms. The SMILES string of the molecule is CC(C(=O)NCC(O)c1cc2ccccc2s1)C1CNC1.Cl. The standard InChI is InChI=1S/C16H20N2O2S.ClH/c1-10(12-7-17-8-12)16(20)18-9-13(19)15-6-11-4-2-3-5-14(11)21-15;/h2-6,10,12-13,17,19H,7-9H2,1H3,(H,18,20);1H. The number of aliphatic hydroxyl groups excluding tert-OH is 1. The van der Waals surface area contributed by atoms with Gasteiger partial charge in [-0.3, -0.25) is 4.79 Å². The number of thiophene rings is 1. The smallest absolute Gasteiger partial charge is 0.223 e. The van der Waals surface area contributed by atoms with Crippen LogP contribution in [0, 0.1) is 11.8 Å². The number of benzene rings is 1. The molecule has 2 atom stereocenters. The van der Waals surface area contributed by atoms with Crippen LogP contribution in [0.5, 0.6) is 0 Å².